The van der Waals surface area contributed by atoms with Crippen LogP contribution in [0, 0.1) is 0 Å². The molecule has 0 aromatic heterocycles. The van der Waals surface area contributed by atoms with Crippen molar-refractivity contribution in [2.45, 2.75) is 361 Å². The first-order valence-corrected chi connectivity index (χ1v) is 35.7. The SMILES string of the molecule is CC/C=C\C/C=C\C/C=C\C/C=C\C/C=C\C/C=C\C/C=C\CCCCCCCCCCCCCC(=O)OCC(COC(=O)CCCCCCC/C=C\CCCCC)OC(=O)CCCCCCCCCCCCCCCCCCCCCC. The van der Waals surface area contributed by atoms with Gasteiger partial charge in [0.1, 0.15) is 13.2 Å². The Kier molecular flexibility index (Phi) is 67.7. The van der Waals surface area contributed by atoms with Gasteiger partial charge in [-0.3, -0.25) is 14.4 Å². The van der Waals surface area contributed by atoms with Gasteiger partial charge < -0.3 is 14.2 Å². The maximum Gasteiger partial charge on any atom is 0.306 e. The number of unbranched alkanes of at least 4 members (excludes halogenated alkanes) is 38. The van der Waals surface area contributed by atoms with Crippen LogP contribution in [0.2, 0.25) is 0 Å². The van der Waals surface area contributed by atoms with Crippen molar-refractivity contribution in [2.75, 3.05) is 13.2 Å². The van der Waals surface area contributed by atoms with E-state index in [0.29, 0.717) is 19.3 Å². The van der Waals surface area contributed by atoms with E-state index in [1.54, 1.807) is 0 Å². The zero-order valence-corrected chi connectivity index (χ0v) is 54.9. The highest BCUT2D eigenvalue weighted by atomic mass is 16.6. The van der Waals surface area contributed by atoms with E-state index in [0.717, 1.165) is 109 Å². The molecule has 0 aliphatic rings. The molecule has 0 rings (SSSR count). The van der Waals surface area contributed by atoms with Crippen LogP contribution in [0.25, 0.3) is 0 Å². The number of hydrogen-bond acceptors (Lipinski definition) is 6. The fourth-order valence-corrected chi connectivity index (χ4v) is 10.2. The predicted molar refractivity (Wildman–Crippen MR) is 362 cm³/mol. The van der Waals surface area contributed by atoms with Gasteiger partial charge in [-0.15, -0.1) is 0 Å². The van der Waals surface area contributed by atoms with Crippen molar-refractivity contribution in [3.05, 3.63) is 97.2 Å². The molecule has 1 atom stereocenters. The number of ether oxygens (including phenoxy) is 3. The topological polar surface area (TPSA) is 78.9 Å². The van der Waals surface area contributed by atoms with Crippen molar-refractivity contribution in [3.63, 3.8) is 0 Å². The minimum atomic E-state index is -0.781. The molecule has 0 fully saturated rings. The smallest absolute Gasteiger partial charge is 0.306 e. The molecule has 83 heavy (non-hydrogen) atoms. The van der Waals surface area contributed by atoms with E-state index in [1.807, 2.05) is 0 Å². The van der Waals surface area contributed by atoms with Crippen LogP contribution in [-0.4, -0.2) is 37.2 Å². The number of rotatable bonds is 65. The van der Waals surface area contributed by atoms with Gasteiger partial charge in [-0.1, -0.05) is 330 Å². The molecule has 0 N–H and O–H groups in total. The average molecular weight is 1160 g/mol. The lowest BCUT2D eigenvalue weighted by molar-refractivity contribution is -0.167. The molecule has 0 aliphatic carbocycles. The van der Waals surface area contributed by atoms with Crippen molar-refractivity contribution in [1.82, 2.24) is 0 Å². The third kappa shape index (κ3) is 69.0. The monoisotopic (exact) mass is 1160 g/mol. The number of allylic oxidation sites excluding steroid dienone is 16. The molecule has 0 amide bonds. The van der Waals surface area contributed by atoms with Crippen molar-refractivity contribution in [1.29, 1.82) is 0 Å². The van der Waals surface area contributed by atoms with Crippen LogP contribution in [0.4, 0.5) is 0 Å². The molecule has 0 heterocycles. The standard InChI is InChI=1S/C77H134O6/c1-4-7-10-13-16-19-22-25-27-29-31-33-34-35-36-37-38-39-40-41-42-43-44-45-47-48-50-52-55-58-61-64-67-70-76(79)82-73-74(72-81-75(78)69-66-63-60-57-54-24-21-18-15-12-9-6-3)83-77(80)71-68-65-62-59-56-53-51-49-46-32-30-28-26-23-20-17-14-11-8-5-2/h7,10,16,18-19,21,25,27,31,33,35-36,38-39,41-42,74H,4-6,8-9,11-15,17,20,22-24,26,28-30,32,34,37,40,43-73H2,1-3H3/b10-7-,19-16-,21-18-,27-25-,33-31-,36-35-,39-38-,42-41-. The van der Waals surface area contributed by atoms with Gasteiger partial charge in [0.15, 0.2) is 6.10 Å². The van der Waals surface area contributed by atoms with E-state index in [1.165, 1.54) is 205 Å². The number of carbonyl (C=O) groups excluding carboxylic acids is 3. The maximum absolute atomic E-state index is 12.9. The third-order valence-electron chi connectivity index (χ3n) is 15.6. The van der Waals surface area contributed by atoms with E-state index in [2.05, 4.69) is 118 Å². The summed E-state index contributed by atoms with van der Waals surface area (Å²) in [5, 5.41) is 0. The zero-order valence-electron chi connectivity index (χ0n) is 54.9. The average Bonchev–Trinajstić information content (AvgIpc) is 3.49. The summed E-state index contributed by atoms with van der Waals surface area (Å²) in [7, 11) is 0. The molecular formula is C77H134O6. The number of hydrogen-bond donors (Lipinski definition) is 0. The van der Waals surface area contributed by atoms with Gasteiger partial charge in [-0.25, -0.2) is 0 Å². The number of esters is 3. The Bertz CT molecular complexity index is 1610. The normalized spacial score (nSPS) is 12.7. The van der Waals surface area contributed by atoms with Crippen LogP contribution in [0.5, 0.6) is 0 Å². The lowest BCUT2D eigenvalue weighted by atomic mass is 10.0. The molecule has 0 saturated carbocycles. The predicted octanol–water partition coefficient (Wildman–Crippen LogP) is 24.8. The van der Waals surface area contributed by atoms with E-state index in [-0.39, 0.29) is 31.1 Å². The fraction of sp³-hybridized carbons (Fsp3) is 0.753. The van der Waals surface area contributed by atoms with Crippen LogP contribution in [0.15, 0.2) is 97.2 Å². The molecule has 1 unspecified atom stereocenters. The maximum atomic E-state index is 12.9. The second-order valence-electron chi connectivity index (χ2n) is 23.8. The summed E-state index contributed by atoms with van der Waals surface area (Å²) in [6.07, 6.45) is 95.8. The Morgan fingerprint density at radius 3 is 0.771 bits per heavy atom. The van der Waals surface area contributed by atoms with Gasteiger partial charge in [-0.05, 0) is 103 Å². The lowest BCUT2D eigenvalue weighted by Crippen LogP contribution is -2.30. The molecule has 0 aromatic rings. The highest BCUT2D eigenvalue weighted by Crippen LogP contribution is 2.18. The minimum absolute atomic E-state index is 0.0775. The van der Waals surface area contributed by atoms with E-state index < -0.39 is 6.10 Å². The van der Waals surface area contributed by atoms with Crippen LogP contribution in [-0.2, 0) is 28.6 Å². The third-order valence-corrected chi connectivity index (χ3v) is 15.6. The fourth-order valence-electron chi connectivity index (χ4n) is 10.2. The Hall–Kier alpha value is -3.67. The molecule has 0 bridgehead atoms. The van der Waals surface area contributed by atoms with Gasteiger partial charge in [0.25, 0.3) is 0 Å². The quantitative estimate of drug-likeness (QED) is 0.0261. The molecule has 0 saturated heterocycles. The summed E-state index contributed by atoms with van der Waals surface area (Å²) in [4.78, 5) is 38.4. The van der Waals surface area contributed by atoms with E-state index in [9.17, 15) is 14.4 Å². The summed E-state index contributed by atoms with van der Waals surface area (Å²) in [5.74, 6) is -0.871. The van der Waals surface area contributed by atoms with Gasteiger partial charge in [-0.2, -0.15) is 0 Å². The Labute approximate surface area is 515 Å². The van der Waals surface area contributed by atoms with Crippen LogP contribution < -0.4 is 0 Å². The van der Waals surface area contributed by atoms with Crippen molar-refractivity contribution < 1.29 is 28.6 Å². The molecular weight excluding hydrogens is 1020 g/mol. The van der Waals surface area contributed by atoms with Crippen LogP contribution >= 0.6 is 0 Å². The van der Waals surface area contributed by atoms with Crippen molar-refractivity contribution in [2.24, 2.45) is 0 Å². The van der Waals surface area contributed by atoms with Gasteiger partial charge in [0.05, 0.1) is 0 Å². The van der Waals surface area contributed by atoms with Gasteiger partial charge in [0, 0.05) is 19.3 Å². The molecule has 6 nitrogen and oxygen atoms in total. The van der Waals surface area contributed by atoms with Crippen molar-refractivity contribution in [3.8, 4) is 0 Å². The zero-order chi connectivity index (χ0) is 59.9. The molecule has 0 aliphatic heterocycles. The highest BCUT2D eigenvalue weighted by Gasteiger charge is 2.19. The van der Waals surface area contributed by atoms with Gasteiger partial charge in [0.2, 0.25) is 0 Å². The largest absolute Gasteiger partial charge is 0.462 e. The molecule has 0 radical (unpaired) electrons. The number of carbonyl (C=O) groups is 3. The molecule has 6 heteroatoms. The van der Waals surface area contributed by atoms with Crippen LogP contribution in [0.1, 0.15) is 355 Å². The highest BCUT2D eigenvalue weighted by molar-refractivity contribution is 5.71. The van der Waals surface area contributed by atoms with Crippen LogP contribution in [0.3, 0.4) is 0 Å². The summed E-state index contributed by atoms with van der Waals surface area (Å²) >= 11 is 0. The first-order valence-electron chi connectivity index (χ1n) is 35.7. The van der Waals surface area contributed by atoms with E-state index >= 15 is 0 Å². The van der Waals surface area contributed by atoms with E-state index in [4.69, 9.17) is 14.2 Å². The molecule has 0 spiro atoms. The Balaban J connectivity index is 4.21. The molecule has 0 aromatic carbocycles. The second-order valence-corrected chi connectivity index (χ2v) is 23.8. The minimum Gasteiger partial charge on any atom is -0.462 e. The summed E-state index contributed by atoms with van der Waals surface area (Å²) in [6.45, 7) is 6.54. The summed E-state index contributed by atoms with van der Waals surface area (Å²) in [5.41, 5.74) is 0. The first-order chi connectivity index (χ1) is 41.0. The summed E-state index contributed by atoms with van der Waals surface area (Å²) in [6, 6.07) is 0. The lowest BCUT2D eigenvalue weighted by Gasteiger charge is -2.18. The molecule has 478 valence electrons. The summed E-state index contributed by atoms with van der Waals surface area (Å²) < 4.78 is 17.0. The van der Waals surface area contributed by atoms with Gasteiger partial charge >= 0.3 is 17.9 Å². The first kappa shape index (κ1) is 79.3. The second kappa shape index (κ2) is 70.8. The Morgan fingerprint density at radius 2 is 0.470 bits per heavy atom. The Morgan fingerprint density at radius 1 is 0.253 bits per heavy atom. The van der Waals surface area contributed by atoms with Crippen molar-refractivity contribution >= 4 is 17.9 Å².